The van der Waals surface area contributed by atoms with Gasteiger partial charge in [-0.3, -0.25) is 0 Å². The van der Waals surface area contributed by atoms with Gasteiger partial charge in [-0.2, -0.15) is 0 Å². The summed E-state index contributed by atoms with van der Waals surface area (Å²) in [5.41, 5.74) is 31.2. The molecule has 4 aliphatic rings. The molecule has 0 bridgehead atoms. The van der Waals surface area contributed by atoms with Crippen molar-refractivity contribution >= 4 is 17.1 Å². The van der Waals surface area contributed by atoms with Gasteiger partial charge in [0.1, 0.15) is 0 Å². The molecule has 0 radical (unpaired) electrons. The van der Waals surface area contributed by atoms with Crippen molar-refractivity contribution in [2.24, 2.45) is 0 Å². The Hall–Kier alpha value is -8.78. The van der Waals surface area contributed by atoms with Crippen molar-refractivity contribution in [2.75, 3.05) is 4.90 Å². The van der Waals surface area contributed by atoms with Crippen LogP contribution in [-0.2, 0) is 17.3 Å². The highest BCUT2D eigenvalue weighted by Crippen LogP contribution is 2.65. The third-order valence-electron chi connectivity index (χ3n) is 16.7. The summed E-state index contributed by atoms with van der Waals surface area (Å²) in [5, 5.41) is 0. The van der Waals surface area contributed by atoms with E-state index in [1.54, 1.807) is 0 Å². The summed E-state index contributed by atoms with van der Waals surface area (Å²) in [6, 6.07) is 94.2. The fourth-order valence-corrected chi connectivity index (χ4v) is 13.6. The van der Waals surface area contributed by atoms with Crippen molar-refractivity contribution in [2.45, 2.75) is 31.1 Å². The Morgan fingerprint density at radius 3 is 1.49 bits per heavy atom. The molecule has 11 aromatic rings. The van der Waals surface area contributed by atoms with E-state index >= 15 is 0 Å². The van der Waals surface area contributed by atoms with E-state index in [1.807, 2.05) is 0 Å². The van der Waals surface area contributed by atoms with E-state index in [1.165, 1.54) is 122 Å². The van der Waals surface area contributed by atoms with Crippen molar-refractivity contribution < 1.29 is 0 Å². The molecule has 0 amide bonds. The fourth-order valence-electron chi connectivity index (χ4n) is 13.6. The zero-order valence-corrected chi connectivity index (χ0v) is 40.3. The van der Waals surface area contributed by atoms with Gasteiger partial charge in [0.15, 0.2) is 0 Å². The normalized spacial score (nSPS) is 15.5. The number of hydrogen-bond acceptors (Lipinski definition) is 1. The van der Waals surface area contributed by atoms with Crippen LogP contribution in [0.5, 0.6) is 0 Å². The van der Waals surface area contributed by atoms with Crippen molar-refractivity contribution in [3.8, 4) is 77.9 Å². The molecule has 1 spiro atoms. The first kappa shape index (κ1) is 41.0. The summed E-state index contributed by atoms with van der Waals surface area (Å²) in [5.74, 6) is 0. The molecule has 0 aromatic heterocycles. The molecule has 1 heteroatoms. The van der Waals surface area contributed by atoms with Gasteiger partial charge in [0.2, 0.25) is 0 Å². The van der Waals surface area contributed by atoms with Crippen molar-refractivity contribution in [1.82, 2.24) is 0 Å². The van der Waals surface area contributed by atoms with Crippen LogP contribution in [-0.4, -0.2) is 0 Å². The summed E-state index contributed by atoms with van der Waals surface area (Å²) in [6.45, 7) is 4.78. The fraction of sp³-hybridized carbons (Fsp3) is 0.0704. The number of nitrogens with zero attached hydrogens (tertiary/aromatic N) is 1. The van der Waals surface area contributed by atoms with E-state index in [0.717, 1.165) is 23.5 Å². The average Bonchev–Trinajstić information content (AvgIpc) is 4.03. The van der Waals surface area contributed by atoms with Crippen molar-refractivity contribution in [3.63, 3.8) is 0 Å². The minimum atomic E-state index is -0.653. The highest BCUT2D eigenvalue weighted by Gasteiger charge is 2.51. The minimum absolute atomic E-state index is 0.179. The van der Waals surface area contributed by atoms with E-state index in [2.05, 4.69) is 267 Å². The maximum absolute atomic E-state index is 2.57. The van der Waals surface area contributed by atoms with Crippen LogP contribution in [0.2, 0.25) is 0 Å². The number of benzene rings is 11. The van der Waals surface area contributed by atoms with Gasteiger partial charge >= 0.3 is 0 Å². The molecule has 4 aliphatic carbocycles. The predicted octanol–water partition coefficient (Wildman–Crippen LogP) is 18.4. The van der Waals surface area contributed by atoms with E-state index in [0.29, 0.717) is 0 Å². The third kappa shape index (κ3) is 5.65. The molecular weight excluding hydrogens is 867 g/mol. The molecule has 338 valence electrons. The summed E-state index contributed by atoms with van der Waals surface area (Å²) in [6.07, 6.45) is 0.947. The summed E-state index contributed by atoms with van der Waals surface area (Å²) in [7, 11) is 0. The lowest BCUT2D eigenvalue weighted by atomic mass is 9.65. The lowest BCUT2D eigenvalue weighted by Crippen LogP contribution is -2.29. The highest BCUT2D eigenvalue weighted by molar-refractivity contribution is 6.03. The van der Waals surface area contributed by atoms with Gasteiger partial charge in [-0.25, -0.2) is 0 Å². The van der Waals surface area contributed by atoms with Gasteiger partial charge < -0.3 is 4.90 Å². The van der Waals surface area contributed by atoms with Gasteiger partial charge in [-0.05, 0) is 154 Å². The Bertz CT molecular complexity index is 4040. The lowest BCUT2D eigenvalue weighted by molar-refractivity contribution is 0.660. The topological polar surface area (TPSA) is 3.24 Å². The predicted molar refractivity (Wildman–Crippen MR) is 300 cm³/mol. The van der Waals surface area contributed by atoms with Crippen LogP contribution >= 0.6 is 0 Å². The second-order valence-corrected chi connectivity index (χ2v) is 20.7. The molecule has 1 unspecified atom stereocenters. The Kier molecular flexibility index (Phi) is 8.76. The quantitative estimate of drug-likeness (QED) is 0.166. The number of rotatable bonds is 5. The molecule has 1 nitrogen and oxygen atoms in total. The Morgan fingerprint density at radius 1 is 0.292 bits per heavy atom. The van der Waals surface area contributed by atoms with Gasteiger partial charge in [-0.15, -0.1) is 0 Å². The highest BCUT2D eigenvalue weighted by atomic mass is 15.1. The first-order valence-electron chi connectivity index (χ1n) is 25.5. The summed E-state index contributed by atoms with van der Waals surface area (Å²) < 4.78 is 0. The molecular formula is C71H49N. The number of anilines is 3. The second-order valence-electron chi connectivity index (χ2n) is 20.7. The van der Waals surface area contributed by atoms with E-state index in [4.69, 9.17) is 0 Å². The zero-order chi connectivity index (χ0) is 47.7. The zero-order valence-electron chi connectivity index (χ0n) is 40.3. The van der Waals surface area contributed by atoms with E-state index < -0.39 is 5.41 Å². The minimum Gasteiger partial charge on any atom is -0.310 e. The van der Waals surface area contributed by atoms with Gasteiger partial charge in [0, 0.05) is 22.4 Å². The second kappa shape index (κ2) is 15.4. The molecule has 0 aliphatic heterocycles. The van der Waals surface area contributed by atoms with Crippen LogP contribution in [0.15, 0.2) is 249 Å². The first-order valence-corrected chi connectivity index (χ1v) is 25.5. The molecule has 0 fully saturated rings. The van der Waals surface area contributed by atoms with Crippen LogP contribution in [0.3, 0.4) is 0 Å². The maximum atomic E-state index is 2.57. The van der Waals surface area contributed by atoms with Crippen molar-refractivity contribution in [3.05, 3.63) is 293 Å². The maximum Gasteiger partial charge on any atom is 0.0726 e. The Balaban J connectivity index is 1.03. The molecule has 1 atom stereocenters. The summed E-state index contributed by atoms with van der Waals surface area (Å²) in [4.78, 5) is 2.55. The van der Waals surface area contributed by atoms with Gasteiger partial charge in [0.25, 0.3) is 0 Å². The van der Waals surface area contributed by atoms with Crippen LogP contribution in [0, 0.1) is 0 Å². The Morgan fingerprint density at radius 2 is 0.778 bits per heavy atom. The standard InChI is InChI=1S/C71H49N/c1-70(2)61-28-14-10-26-57(61)59-40-38-50(43-65(59)70)72(67-31-17-13-21-52(67)47-34-32-46(33-35-47)45-18-4-3-5-19-45)51-37-39-58-55-24-9-8-23-54(55)56-25-11-15-29-62(56)71(66(58)44-51)63-30-16-12-27-60(63)69-64(71)41-36-49-42-48-20-6-7-22-53(48)68(49)69/h3-41,43-44H,42H2,1-2H3. The number of hydrogen-bond donors (Lipinski definition) is 0. The summed E-state index contributed by atoms with van der Waals surface area (Å²) >= 11 is 0. The molecule has 11 aromatic carbocycles. The molecule has 72 heavy (non-hydrogen) atoms. The van der Waals surface area contributed by atoms with E-state index in [-0.39, 0.29) is 5.41 Å². The van der Waals surface area contributed by atoms with Crippen LogP contribution in [0.25, 0.3) is 77.9 Å². The lowest BCUT2D eigenvalue weighted by Gasteiger charge is -2.37. The largest absolute Gasteiger partial charge is 0.310 e. The SMILES string of the molecule is CC1(C)c2ccccc2-c2ccc(N(c3ccc4c(c3)C3(c5ccccc5-c5ccccc5-4)c4ccccc4-c4c3ccc3c4-c4ccccc4C3)c3ccccc3-c3ccc(-c4ccccc4)cc3)cc21. The molecule has 15 rings (SSSR count). The molecule has 0 heterocycles. The Labute approximate surface area is 422 Å². The molecule has 0 N–H and O–H groups in total. The average molecular weight is 916 g/mol. The van der Waals surface area contributed by atoms with Crippen LogP contribution < -0.4 is 4.90 Å². The van der Waals surface area contributed by atoms with Gasteiger partial charge in [0.05, 0.1) is 11.1 Å². The van der Waals surface area contributed by atoms with Crippen LogP contribution in [0.4, 0.5) is 17.1 Å². The van der Waals surface area contributed by atoms with Crippen molar-refractivity contribution in [1.29, 1.82) is 0 Å². The molecule has 0 saturated carbocycles. The van der Waals surface area contributed by atoms with Crippen LogP contribution in [0.1, 0.15) is 58.4 Å². The third-order valence-corrected chi connectivity index (χ3v) is 16.7. The number of fused-ring (bicyclic) bond motifs is 19. The monoisotopic (exact) mass is 915 g/mol. The molecule has 0 saturated heterocycles. The smallest absolute Gasteiger partial charge is 0.0726 e. The van der Waals surface area contributed by atoms with E-state index in [9.17, 15) is 0 Å². The van der Waals surface area contributed by atoms with Gasteiger partial charge in [-0.1, -0.05) is 232 Å². The number of para-hydroxylation sites is 1. The first-order chi connectivity index (χ1) is 35.5.